The van der Waals surface area contributed by atoms with E-state index in [9.17, 15) is 27.9 Å². The first kappa shape index (κ1) is 22.3. The van der Waals surface area contributed by atoms with Crippen LogP contribution in [0.5, 0.6) is 0 Å². The van der Waals surface area contributed by atoms with Gasteiger partial charge in [0.05, 0.1) is 10.4 Å². The number of anilines is 1. The predicted octanol–water partition coefficient (Wildman–Crippen LogP) is 4.90. The molecule has 0 aliphatic carbocycles. The number of aromatic nitrogens is 2. The van der Waals surface area contributed by atoms with Gasteiger partial charge < -0.3 is 5.11 Å². The molecule has 3 aromatic rings. The van der Waals surface area contributed by atoms with Crippen LogP contribution in [0.25, 0.3) is 10.4 Å². The van der Waals surface area contributed by atoms with Gasteiger partial charge in [-0.15, -0.1) is 12.4 Å². The summed E-state index contributed by atoms with van der Waals surface area (Å²) in [6.07, 6.45) is -1.64. The number of hydrogen-bond donors (Lipinski definition) is 2. The maximum Gasteiger partial charge on any atom is 0.416 e. The normalized spacial score (nSPS) is 10.9. The molecule has 0 saturated heterocycles. The van der Waals surface area contributed by atoms with Gasteiger partial charge in [-0.3, -0.25) is 15.1 Å². The second-order valence-corrected chi connectivity index (χ2v) is 6.72. The van der Waals surface area contributed by atoms with Crippen LogP contribution in [0.3, 0.4) is 0 Å². The Morgan fingerprint density at radius 1 is 1.21 bits per heavy atom. The number of halogens is 4. The van der Waals surface area contributed by atoms with Crippen molar-refractivity contribution in [1.82, 2.24) is 9.97 Å². The number of carboxylic acids is 1. The minimum Gasteiger partial charge on any atom is -0.476 e. The summed E-state index contributed by atoms with van der Waals surface area (Å²) in [5.74, 6) is -1.94. The van der Waals surface area contributed by atoms with Gasteiger partial charge in [-0.05, 0) is 36.2 Å². The number of thiazole rings is 1. The highest BCUT2D eigenvalue weighted by Gasteiger charge is 2.31. The van der Waals surface area contributed by atoms with E-state index in [1.807, 2.05) is 0 Å². The fourth-order valence-corrected chi connectivity index (χ4v) is 3.39. The quantitative estimate of drug-likeness (QED) is 0.598. The minimum atomic E-state index is -4.57. The molecule has 152 valence electrons. The Morgan fingerprint density at radius 3 is 2.55 bits per heavy atom. The van der Waals surface area contributed by atoms with Crippen LogP contribution in [0.2, 0.25) is 0 Å². The number of aryl methyl sites for hydroxylation is 1. The van der Waals surface area contributed by atoms with Crippen molar-refractivity contribution in [3.05, 3.63) is 65.1 Å². The van der Waals surface area contributed by atoms with E-state index < -0.39 is 29.3 Å². The topological polar surface area (TPSA) is 92.2 Å². The van der Waals surface area contributed by atoms with Crippen molar-refractivity contribution in [1.29, 1.82) is 0 Å². The predicted molar refractivity (Wildman–Crippen MR) is 104 cm³/mol. The summed E-state index contributed by atoms with van der Waals surface area (Å²) in [6, 6.07) is 5.76. The number of carbonyl (C=O) groups excluding carboxylic acids is 1. The van der Waals surface area contributed by atoms with Gasteiger partial charge in [-0.2, -0.15) is 13.2 Å². The van der Waals surface area contributed by atoms with E-state index in [1.54, 1.807) is 6.92 Å². The van der Waals surface area contributed by atoms with E-state index in [-0.39, 0.29) is 28.0 Å². The molecule has 1 aromatic carbocycles. The van der Waals surface area contributed by atoms with Gasteiger partial charge in [0, 0.05) is 18.0 Å². The zero-order chi connectivity index (χ0) is 20.5. The number of nitrogens with zero attached hydrogens (tertiary/aromatic N) is 2. The third kappa shape index (κ3) is 4.90. The third-order valence-corrected chi connectivity index (χ3v) is 4.79. The molecule has 6 nitrogen and oxygen atoms in total. The van der Waals surface area contributed by atoms with Gasteiger partial charge in [-0.25, -0.2) is 9.78 Å². The lowest BCUT2D eigenvalue weighted by Gasteiger charge is -2.08. The number of carboxylic acid groups (broad SMARTS) is 1. The highest BCUT2D eigenvalue weighted by atomic mass is 35.5. The molecule has 0 unspecified atom stereocenters. The first-order valence-corrected chi connectivity index (χ1v) is 8.62. The van der Waals surface area contributed by atoms with Crippen molar-refractivity contribution in [2.24, 2.45) is 0 Å². The van der Waals surface area contributed by atoms with Crippen LogP contribution < -0.4 is 5.32 Å². The fraction of sp³-hybridized carbons (Fsp3) is 0.111. The van der Waals surface area contributed by atoms with Crippen molar-refractivity contribution >= 4 is 40.8 Å². The van der Waals surface area contributed by atoms with E-state index >= 15 is 0 Å². The molecular weight excluding hydrogens is 431 g/mol. The molecule has 2 aromatic heterocycles. The minimum absolute atomic E-state index is 0. The van der Waals surface area contributed by atoms with Crippen LogP contribution in [-0.4, -0.2) is 27.0 Å². The Bertz CT molecular complexity index is 1070. The molecule has 2 N–H and O–H groups in total. The fourth-order valence-electron chi connectivity index (χ4n) is 2.44. The van der Waals surface area contributed by atoms with Crippen LogP contribution in [0.15, 0.2) is 42.7 Å². The number of pyridine rings is 1. The summed E-state index contributed by atoms with van der Waals surface area (Å²) in [5, 5.41) is 11.8. The second-order valence-electron chi connectivity index (χ2n) is 5.73. The molecule has 0 saturated carbocycles. The van der Waals surface area contributed by atoms with Crippen LogP contribution >= 0.6 is 23.7 Å². The van der Waals surface area contributed by atoms with Crippen molar-refractivity contribution in [2.75, 3.05) is 5.32 Å². The molecule has 0 bridgehead atoms. The zero-order valence-electron chi connectivity index (χ0n) is 14.6. The number of rotatable bonds is 4. The molecule has 3 rings (SSSR count). The van der Waals surface area contributed by atoms with Gasteiger partial charge >= 0.3 is 12.1 Å². The van der Waals surface area contributed by atoms with Gasteiger partial charge in [-0.1, -0.05) is 23.5 Å². The summed E-state index contributed by atoms with van der Waals surface area (Å²) in [7, 11) is 0. The summed E-state index contributed by atoms with van der Waals surface area (Å²) in [4.78, 5) is 31.6. The molecule has 29 heavy (non-hydrogen) atoms. The number of carbonyl (C=O) groups is 2. The molecule has 0 atom stereocenters. The lowest BCUT2D eigenvalue weighted by molar-refractivity contribution is -0.137. The largest absolute Gasteiger partial charge is 0.476 e. The molecule has 0 fully saturated rings. The first-order valence-electron chi connectivity index (χ1n) is 7.80. The maximum atomic E-state index is 13.0. The van der Waals surface area contributed by atoms with Crippen molar-refractivity contribution < 1.29 is 27.9 Å². The highest BCUT2D eigenvalue weighted by molar-refractivity contribution is 7.19. The van der Waals surface area contributed by atoms with E-state index in [0.717, 1.165) is 23.5 Å². The lowest BCUT2D eigenvalue weighted by atomic mass is 10.1. The number of alkyl halides is 3. The standard InChI is InChI=1S/C18H12F3N3O3S.ClH/c1-9-8-22-6-5-12(9)15(25)24-17-23-13(16(26)27)14(28-17)10-3-2-4-11(7-10)18(19,20)21;/h2-8H,1H3,(H,26,27)(H,23,24,25);1H. The Hall–Kier alpha value is -2.98. The molecule has 0 aliphatic rings. The van der Waals surface area contributed by atoms with Gasteiger partial charge in [0.1, 0.15) is 0 Å². The number of aromatic carboxylic acids is 1. The third-order valence-electron chi connectivity index (χ3n) is 3.77. The van der Waals surface area contributed by atoms with Crippen molar-refractivity contribution in [3.8, 4) is 10.4 Å². The van der Waals surface area contributed by atoms with Crippen LogP contribution in [0.4, 0.5) is 18.3 Å². The number of amides is 1. The van der Waals surface area contributed by atoms with Crippen LogP contribution in [0.1, 0.15) is 32.0 Å². The molecule has 0 radical (unpaired) electrons. The Kier molecular flexibility index (Phi) is 6.60. The highest BCUT2D eigenvalue weighted by Crippen LogP contribution is 2.37. The van der Waals surface area contributed by atoms with Gasteiger partial charge in [0.15, 0.2) is 10.8 Å². The number of nitrogens with one attached hydrogen (secondary N) is 1. The van der Waals surface area contributed by atoms with E-state index in [4.69, 9.17) is 0 Å². The molecule has 2 heterocycles. The Morgan fingerprint density at radius 2 is 1.93 bits per heavy atom. The molecule has 11 heteroatoms. The SMILES string of the molecule is Cc1cnccc1C(=O)Nc1nc(C(=O)O)c(-c2cccc(C(F)(F)F)c2)s1.Cl. The molecule has 1 amide bonds. The van der Waals surface area contributed by atoms with Crippen LogP contribution in [-0.2, 0) is 6.18 Å². The van der Waals surface area contributed by atoms with E-state index in [2.05, 4.69) is 15.3 Å². The Balaban J connectivity index is 0.00000300. The monoisotopic (exact) mass is 443 g/mol. The summed E-state index contributed by atoms with van der Waals surface area (Å²) in [6.45, 7) is 1.68. The van der Waals surface area contributed by atoms with Crippen molar-refractivity contribution in [3.63, 3.8) is 0 Å². The maximum absolute atomic E-state index is 13.0. The second kappa shape index (κ2) is 8.58. The average molecular weight is 444 g/mol. The summed E-state index contributed by atoms with van der Waals surface area (Å²) in [5.41, 5.74) is -0.375. The van der Waals surface area contributed by atoms with E-state index in [0.29, 0.717) is 11.1 Å². The zero-order valence-corrected chi connectivity index (χ0v) is 16.3. The number of hydrogen-bond acceptors (Lipinski definition) is 5. The summed E-state index contributed by atoms with van der Waals surface area (Å²) < 4.78 is 38.9. The van der Waals surface area contributed by atoms with Gasteiger partial charge in [0.25, 0.3) is 5.91 Å². The molecule has 0 spiro atoms. The molecular formula is C18H13ClF3N3O3S. The van der Waals surface area contributed by atoms with E-state index in [1.165, 1.54) is 30.6 Å². The first-order chi connectivity index (χ1) is 13.2. The number of benzene rings is 1. The van der Waals surface area contributed by atoms with Crippen molar-refractivity contribution in [2.45, 2.75) is 13.1 Å². The van der Waals surface area contributed by atoms with Gasteiger partial charge in [0.2, 0.25) is 0 Å². The average Bonchev–Trinajstić information content (AvgIpc) is 3.05. The Labute approximate surface area is 172 Å². The smallest absolute Gasteiger partial charge is 0.416 e. The van der Waals surface area contributed by atoms with Crippen LogP contribution in [0, 0.1) is 6.92 Å². The lowest BCUT2D eigenvalue weighted by Crippen LogP contribution is -2.13. The summed E-state index contributed by atoms with van der Waals surface area (Å²) >= 11 is 0.782. The molecule has 0 aliphatic heterocycles.